The number of nitrogens with zero attached hydrogens (tertiary/aromatic N) is 1. The van der Waals surface area contributed by atoms with Gasteiger partial charge in [0.1, 0.15) is 17.9 Å². The van der Waals surface area contributed by atoms with Crippen LogP contribution in [0.5, 0.6) is 5.75 Å². The van der Waals surface area contributed by atoms with Crippen molar-refractivity contribution in [2.75, 3.05) is 19.7 Å². The van der Waals surface area contributed by atoms with Gasteiger partial charge in [-0.1, -0.05) is 48.5 Å². The molecule has 0 saturated carbocycles. The zero-order valence-corrected chi connectivity index (χ0v) is 14.7. The number of carbonyl (C=O) groups excluding carboxylic acids is 1. The highest BCUT2D eigenvalue weighted by Crippen LogP contribution is 2.22. The number of aromatic nitrogens is 1. The van der Waals surface area contributed by atoms with E-state index in [4.69, 9.17) is 4.74 Å². The van der Waals surface area contributed by atoms with Gasteiger partial charge in [0.2, 0.25) is 0 Å². The van der Waals surface area contributed by atoms with Gasteiger partial charge in [-0.05, 0) is 30.5 Å². The third kappa shape index (κ3) is 5.21. The lowest BCUT2D eigenvalue weighted by Crippen LogP contribution is -2.38. The minimum absolute atomic E-state index is 0.169. The molecule has 1 aromatic heterocycles. The highest BCUT2D eigenvalue weighted by Gasteiger charge is 2.03. The van der Waals surface area contributed by atoms with Gasteiger partial charge in [0.15, 0.2) is 0 Å². The Bertz CT molecular complexity index is 832. The maximum atomic E-state index is 11.8. The predicted octanol–water partition coefficient (Wildman–Crippen LogP) is 3.55. The molecule has 0 aliphatic heterocycles. The van der Waals surface area contributed by atoms with E-state index in [9.17, 15) is 4.79 Å². The van der Waals surface area contributed by atoms with E-state index in [1.807, 2.05) is 48.5 Å². The van der Waals surface area contributed by atoms with Crippen molar-refractivity contribution >= 4 is 16.9 Å². The van der Waals surface area contributed by atoms with Gasteiger partial charge in [-0.2, -0.15) is 0 Å². The van der Waals surface area contributed by atoms with Crippen molar-refractivity contribution in [2.24, 2.45) is 0 Å². The standard InChI is InChI=1S/C21H23N3O2/c25-21(23-14-5-9-17-7-2-1-3-8-17)24-15-16-26-19-12-4-10-18-11-6-13-22-20(18)19/h1-4,6-8,10-13H,5,9,14-16H2,(H2,23,24,25). The normalized spacial score (nSPS) is 10.5. The first-order valence-corrected chi connectivity index (χ1v) is 8.85. The van der Waals surface area contributed by atoms with Crippen LogP contribution in [-0.4, -0.2) is 30.7 Å². The minimum Gasteiger partial charge on any atom is -0.489 e. The number of hydrogen-bond donors (Lipinski definition) is 2. The second-order valence-electron chi connectivity index (χ2n) is 5.95. The fraction of sp³-hybridized carbons (Fsp3) is 0.238. The Balaban J connectivity index is 1.32. The van der Waals surface area contributed by atoms with E-state index in [0.29, 0.717) is 19.7 Å². The van der Waals surface area contributed by atoms with Crippen molar-refractivity contribution in [2.45, 2.75) is 12.8 Å². The molecule has 0 spiro atoms. The van der Waals surface area contributed by atoms with Gasteiger partial charge in [-0.3, -0.25) is 4.98 Å². The van der Waals surface area contributed by atoms with Gasteiger partial charge in [0.05, 0.1) is 6.54 Å². The summed E-state index contributed by atoms with van der Waals surface area (Å²) < 4.78 is 5.75. The quantitative estimate of drug-likeness (QED) is 0.611. The van der Waals surface area contributed by atoms with Gasteiger partial charge in [-0.25, -0.2) is 4.79 Å². The number of ether oxygens (including phenoxy) is 1. The number of carbonyl (C=O) groups is 1. The monoisotopic (exact) mass is 349 g/mol. The Morgan fingerprint density at radius 3 is 2.62 bits per heavy atom. The molecular formula is C21H23N3O2. The molecule has 0 unspecified atom stereocenters. The Morgan fingerprint density at radius 2 is 1.73 bits per heavy atom. The average molecular weight is 349 g/mol. The van der Waals surface area contributed by atoms with Crippen molar-refractivity contribution in [1.29, 1.82) is 0 Å². The number of fused-ring (bicyclic) bond motifs is 1. The molecule has 2 N–H and O–H groups in total. The van der Waals surface area contributed by atoms with Gasteiger partial charge in [0.25, 0.3) is 0 Å². The third-order valence-electron chi connectivity index (χ3n) is 4.01. The summed E-state index contributed by atoms with van der Waals surface area (Å²) in [6, 6.07) is 19.8. The second kappa shape index (κ2) is 9.42. The van der Waals surface area contributed by atoms with Crippen molar-refractivity contribution in [3.63, 3.8) is 0 Å². The molecule has 134 valence electrons. The van der Waals surface area contributed by atoms with Crippen molar-refractivity contribution in [3.05, 3.63) is 72.4 Å². The summed E-state index contributed by atoms with van der Waals surface area (Å²) >= 11 is 0. The molecule has 1 heterocycles. The predicted molar refractivity (Wildman–Crippen MR) is 103 cm³/mol. The maximum Gasteiger partial charge on any atom is 0.314 e. The zero-order valence-electron chi connectivity index (χ0n) is 14.7. The summed E-state index contributed by atoms with van der Waals surface area (Å²) in [6.07, 6.45) is 3.62. The van der Waals surface area contributed by atoms with E-state index in [-0.39, 0.29) is 6.03 Å². The molecule has 26 heavy (non-hydrogen) atoms. The smallest absolute Gasteiger partial charge is 0.314 e. The Kier molecular flexibility index (Phi) is 6.42. The van der Waals surface area contributed by atoms with Crippen LogP contribution in [0.15, 0.2) is 66.9 Å². The number of aryl methyl sites for hydroxylation is 1. The van der Waals surface area contributed by atoms with E-state index < -0.39 is 0 Å². The van der Waals surface area contributed by atoms with Crippen molar-refractivity contribution in [1.82, 2.24) is 15.6 Å². The number of hydrogen-bond acceptors (Lipinski definition) is 3. The van der Waals surface area contributed by atoms with Crippen LogP contribution in [0.2, 0.25) is 0 Å². The summed E-state index contributed by atoms with van der Waals surface area (Å²) in [5.41, 5.74) is 2.12. The molecule has 0 fully saturated rings. The highest BCUT2D eigenvalue weighted by atomic mass is 16.5. The number of urea groups is 1. The zero-order chi connectivity index (χ0) is 18.0. The maximum absolute atomic E-state index is 11.8. The van der Waals surface area contributed by atoms with Crippen LogP contribution in [0.3, 0.4) is 0 Å². The third-order valence-corrected chi connectivity index (χ3v) is 4.01. The first-order valence-electron chi connectivity index (χ1n) is 8.85. The SMILES string of the molecule is O=C(NCCCc1ccccc1)NCCOc1cccc2cccnc12. The molecule has 0 atom stereocenters. The van der Waals surface area contributed by atoms with Crippen LogP contribution in [0.4, 0.5) is 4.79 Å². The lowest BCUT2D eigenvalue weighted by molar-refractivity contribution is 0.236. The van der Waals surface area contributed by atoms with Crippen molar-refractivity contribution in [3.8, 4) is 5.75 Å². The largest absolute Gasteiger partial charge is 0.489 e. The molecule has 0 aliphatic rings. The summed E-state index contributed by atoms with van der Waals surface area (Å²) in [6.45, 7) is 1.48. The van der Waals surface area contributed by atoms with Crippen LogP contribution in [0, 0.1) is 0 Å². The van der Waals surface area contributed by atoms with Gasteiger partial charge >= 0.3 is 6.03 Å². The van der Waals surface area contributed by atoms with Gasteiger partial charge in [-0.15, -0.1) is 0 Å². The molecule has 2 amide bonds. The van der Waals surface area contributed by atoms with E-state index in [1.165, 1.54) is 5.56 Å². The van der Waals surface area contributed by atoms with E-state index >= 15 is 0 Å². The average Bonchev–Trinajstić information content (AvgIpc) is 2.69. The molecule has 5 nitrogen and oxygen atoms in total. The topological polar surface area (TPSA) is 63.2 Å². The molecular weight excluding hydrogens is 326 g/mol. The van der Waals surface area contributed by atoms with Gasteiger partial charge in [0, 0.05) is 18.1 Å². The van der Waals surface area contributed by atoms with Crippen LogP contribution >= 0.6 is 0 Å². The number of benzene rings is 2. The fourth-order valence-electron chi connectivity index (χ4n) is 2.72. The first-order chi connectivity index (χ1) is 12.8. The molecule has 0 aliphatic carbocycles. The van der Waals surface area contributed by atoms with E-state index in [1.54, 1.807) is 6.20 Å². The summed E-state index contributed by atoms with van der Waals surface area (Å²) in [5.74, 6) is 0.730. The van der Waals surface area contributed by atoms with E-state index in [0.717, 1.165) is 29.5 Å². The van der Waals surface area contributed by atoms with Crippen LogP contribution in [0.1, 0.15) is 12.0 Å². The van der Waals surface area contributed by atoms with Crippen molar-refractivity contribution < 1.29 is 9.53 Å². The van der Waals surface area contributed by atoms with Crippen LogP contribution in [0.25, 0.3) is 10.9 Å². The molecule has 0 radical (unpaired) electrons. The number of rotatable bonds is 8. The number of nitrogens with one attached hydrogen (secondary N) is 2. The summed E-state index contributed by atoms with van der Waals surface area (Å²) in [7, 11) is 0. The first kappa shape index (κ1) is 17.7. The number of pyridine rings is 1. The highest BCUT2D eigenvalue weighted by molar-refractivity contribution is 5.84. The number of para-hydroxylation sites is 1. The lowest BCUT2D eigenvalue weighted by atomic mass is 10.1. The molecule has 3 aromatic rings. The molecule has 2 aromatic carbocycles. The molecule has 0 saturated heterocycles. The summed E-state index contributed by atoms with van der Waals surface area (Å²) in [4.78, 5) is 16.1. The Hall–Kier alpha value is -3.08. The van der Waals surface area contributed by atoms with E-state index in [2.05, 4.69) is 27.8 Å². The Morgan fingerprint density at radius 1 is 0.923 bits per heavy atom. The van der Waals surface area contributed by atoms with Crippen LogP contribution < -0.4 is 15.4 Å². The van der Waals surface area contributed by atoms with Crippen LogP contribution in [-0.2, 0) is 6.42 Å². The lowest BCUT2D eigenvalue weighted by Gasteiger charge is -2.10. The number of amides is 2. The fourth-order valence-corrected chi connectivity index (χ4v) is 2.72. The molecule has 3 rings (SSSR count). The Labute approximate surface area is 153 Å². The molecule has 0 bridgehead atoms. The van der Waals surface area contributed by atoms with Gasteiger partial charge < -0.3 is 15.4 Å². The second-order valence-corrected chi connectivity index (χ2v) is 5.95. The minimum atomic E-state index is -0.169. The molecule has 5 heteroatoms. The summed E-state index contributed by atoms with van der Waals surface area (Å²) in [5, 5.41) is 6.70.